The summed E-state index contributed by atoms with van der Waals surface area (Å²) in [4.78, 5) is 56.5. The second-order valence-electron chi connectivity index (χ2n) is 12.5. The molecule has 1 saturated heterocycles. The molecule has 246 valence electrons. The first kappa shape index (κ1) is 32.2. The van der Waals surface area contributed by atoms with Gasteiger partial charge in [-0.3, -0.25) is 28.6 Å². The van der Waals surface area contributed by atoms with Gasteiger partial charge in [0.1, 0.15) is 12.4 Å². The van der Waals surface area contributed by atoms with Crippen molar-refractivity contribution < 1.29 is 23.9 Å². The predicted octanol–water partition coefficient (Wildman–Crippen LogP) is 5.19. The lowest BCUT2D eigenvalue weighted by Gasteiger charge is -2.28. The summed E-state index contributed by atoms with van der Waals surface area (Å²) in [6, 6.07) is 18.9. The van der Waals surface area contributed by atoms with Crippen LogP contribution in [0.5, 0.6) is 5.75 Å². The van der Waals surface area contributed by atoms with E-state index in [1.54, 1.807) is 16.7 Å². The van der Waals surface area contributed by atoms with E-state index in [-0.39, 0.29) is 36.7 Å². The Bertz CT molecular complexity index is 1820. The van der Waals surface area contributed by atoms with Gasteiger partial charge in [0.05, 0.1) is 36.0 Å². The van der Waals surface area contributed by atoms with Crippen molar-refractivity contribution in [2.75, 3.05) is 32.8 Å². The number of ketones is 1. The van der Waals surface area contributed by atoms with Crippen molar-refractivity contribution in [1.29, 1.82) is 0 Å². The SMILES string of the molecule is CC(=O)c1ccc2n(c1=O)[C@H](COC(=O)CCC(=O)NCCCOc1cccc(CN3CCCCC3)c1)Cc1c-2[nH]c2ccccc12. The molecule has 47 heavy (non-hydrogen) atoms. The molecular formula is C37H42N4O6. The highest BCUT2D eigenvalue weighted by atomic mass is 16.5. The van der Waals surface area contributed by atoms with Crippen molar-refractivity contribution in [2.24, 2.45) is 0 Å². The normalized spacial score (nSPS) is 15.9. The van der Waals surface area contributed by atoms with Crippen molar-refractivity contribution in [3.05, 3.63) is 87.7 Å². The maximum Gasteiger partial charge on any atom is 0.306 e. The predicted molar refractivity (Wildman–Crippen MR) is 180 cm³/mol. The van der Waals surface area contributed by atoms with Gasteiger partial charge in [-0.1, -0.05) is 36.8 Å². The van der Waals surface area contributed by atoms with E-state index >= 15 is 0 Å². The van der Waals surface area contributed by atoms with Gasteiger partial charge in [-0.25, -0.2) is 0 Å². The molecule has 0 radical (unpaired) electrons. The highest BCUT2D eigenvalue weighted by molar-refractivity contribution is 5.95. The van der Waals surface area contributed by atoms with Crippen LogP contribution in [0.15, 0.2) is 65.5 Å². The van der Waals surface area contributed by atoms with Crippen LogP contribution in [0.1, 0.15) is 73.0 Å². The van der Waals surface area contributed by atoms with Crippen LogP contribution in [-0.4, -0.2) is 65.0 Å². The van der Waals surface area contributed by atoms with Crippen LogP contribution in [0, 0.1) is 0 Å². The van der Waals surface area contributed by atoms with Crippen LogP contribution in [0.25, 0.3) is 22.3 Å². The summed E-state index contributed by atoms with van der Waals surface area (Å²) < 4.78 is 13.1. The zero-order valence-corrected chi connectivity index (χ0v) is 26.9. The minimum Gasteiger partial charge on any atom is -0.494 e. The lowest BCUT2D eigenvalue weighted by atomic mass is 9.95. The van der Waals surface area contributed by atoms with Gasteiger partial charge < -0.3 is 19.8 Å². The average molecular weight is 639 g/mol. The molecule has 0 aliphatic carbocycles. The van der Waals surface area contributed by atoms with Crippen LogP contribution in [0.3, 0.4) is 0 Å². The number of aromatic nitrogens is 2. The van der Waals surface area contributed by atoms with Crippen molar-refractivity contribution >= 4 is 28.6 Å². The number of fused-ring (bicyclic) bond motifs is 5. The molecule has 0 spiro atoms. The van der Waals surface area contributed by atoms with Crippen molar-refractivity contribution in [3.63, 3.8) is 0 Å². The molecule has 4 aromatic rings. The Hall–Kier alpha value is -4.70. The molecule has 0 saturated carbocycles. The monoisotopic (exact) mass is 638 g/mol. The van der Waals surface area contributed by atoms with Gasteiger partial charge in [0.2, 0.25) is 5.91 Å². The number of para-hydroxylation sites is 1. The third kappa shape index (κ3) is 7.65. The fourth-order valence-corrected chi connectivity index (χ4v) is 6.64. The van der Waals surface area contributed by atoms with Gasteiger partial charge in [0.25, 0.3) is 5.56 Å². The zero-order chi connectivity index (χ0) is 32.8. The van der Waals surface area contributed by atoms with Gasteiger partial charge in [-0.15, -0.1) is 0 Å². The third-order valence-electron chi connectivity index (χ3n) is 9.03. The van der Waals surface area contributed by atoms with E-state index in [1.807, 2.05) is 36.4 Å². The summed E-state index contributed by atoms with van der Waals surface area (Å²) in [5.74, 6) is -0.248. The van der Waals surface area contributed by atoms with Gasteiger partial charge in [-0.05, 0) is 87.2 Å². The summed E-state index contributed by atoms with van der Waals surface area (Å²) in [6.45, 7) is 5.46. The van der Waals surface area contributed by atoms with Crippen LogP contribution in [0.2, 0.25) is 0 Å². The molecule has 1 amide bonds. The highest BCUT2D eigenvalue weighted by Gasteiger charge is 2.30. The molecular weight excluding hydrogens is 596 g/mol. The number of ether oxygens (including phenoxy) is 2. The number of H-pyrrole nitrogens is 1. The standard InChI is InChI=1S/C37H42N4O6/c1-25(42)29-13-14-33-36-31(30-11-3-4-12-32(30)39-36)22-27(41(33)37(29)45)24-47-35(44)16-15-34(43)38-17-8-20-46-28-10-7-9-26(21-28)23-40-18-5-2-6-19-40/h3-4,7,9-14,21,27,39H,2,5-6,8,15-20,22-24H2,1H3,(H,38,43)/t27-/m0/s1. The van der Waals surface area contributed by atoms with Gasteiger partial charge >= 0.3 is 5.97 Å². The maximum atomic E-state index is 13.4. The number of hydrogen-bond acceptors (Lipinski definition) is 7. The number of benzene rings is 2. The van der Waals surface area contributed by atoms with E-state index in [0.29, 0.717) is 31.7 Å². The number of aromatic amines is 1. The summed E-state index contributed by atoms with van der Waals surface area (Å²) in [5, 5.41) is 3.88. The number of piperidine rings is 1. The molecule has 2 aromatic carbocycles. The lowest BCUT2D eigenvalue weighted by Crippen LogP contribution is -2.36. The number of hydrogen-bond donors (Lipinski definition) is 2. The smallest absolute Gasteiger partial charge is 0.306 e. The van der Waals surface area contributed by atoms with Crippen LogP contribution < -0.4 is 15.6 Å². The number of carbonyl (C=O) groups excluding carboxylic acids is 3. The molecule has 2 N–H and O–H groups in total. The Morgan fingerprint density at radius 2 is 1.81 bits per heavy atom. The number of amides is 1. The molecule has 2 aromatic heterocycles. The largest absolute Gasteiger partial charge is 0.494 e. The number of pyridine rings is 1. The van der Waals surface area contributed by atoms with E-state index in [0.717, 1.165) is 47.5 Å². The van der Waals surface area contributed by atoms with Crippen molar-refractivity contribution in [3.8, 4) is 17.1 Å². The number of esters is 1. The Kier molecular flexibility index (Phi) is 10.2. The Labute approximate surface area is 274 Å². The van der Waals surface area contributed by atoms with Gasteiger partial charge in [0, 0.05) is 30.4 Å². The summed E-state index contributed by atoms with van der Waals surface area (Å²) in [7, 11) is 0. The quantitative estimate of drug-likeness (QED) is 0.117. The Balaban J connectivity index is 0.961. The average Bonchev–Trinajstić information content (AvgIpc) is 3.45. The van der Waals surface area contributed by atoms with E-state index in [4.69, 9.17) is 9.47 Å². The van der Waals surface area contributed by atoms with E-state index in [9.17, 15) is 19.2 Å². The maximum absolute atomic E-state index is 13.4. The van der Waals surface area contributed by atoms with E-state index in [1.165, 1.54) is 31.7 Å². The molecule has 4 heterocycles. The van der Waals surface area contributed by atoms with Gasteiger partial charge in [-0.2, -0.15) is 0 Å². The number of carbonyl (C=O) groups is 3. The molecule has 0 unspecified atom stereocenters. The van der Waals surface area contributed by atoms with Gasteiger partial charge in [0.15, 0.2) is 5.78 Å². The molecule has 1 atom stereocenters. The number of rotatable bonds is 13. The molecule has 2 aliphatic rings. The second kappa shape index (κ2) is 14.8. The number of nitrogens with one attached hydrogen (secondary N) is 2. The first-order valence-electron chi connectivity index (χ1n) is 16.6. The van der Waals surface area contributed by atoms with E-state index < -0.39 is 17.6 Å². The summed E-state index contributed by atoms with van der Waals surface area (Å²) >= 11 is 0. The molecule has 10 nitrogen and oxygen atoms in total. The molecule has 6 rings (SSSR count). The van der Waals surface area contributed by atoms with Crippen molar-refractivity contribution in [1.82, 2.24) is 19.8 Å². The fourth-order valence-electron chi connectivity index (χ4n) is 6.64. The fraction of sp³-hybridized carbons (Fsp3) is 0.405. The summed E-state index contributed by atoms with van der Waals surface area (Å²) in [6.07, 6.45) is 4.86. The highest BCUT2D eigenvalue weighted by Crippen LogP contribution is 2.38. The minimum absolute atomic E-state index is 0.000515. The van der Waals surface area contributed by atoms with Crippen LogP contribution >= 0.6 is 0 Å². The van der Waals surface area contributed by atoms with E-state index in [2.05, 4.69) is 27.3 Å². The number of likely N-dealkylation sites (tertiary alicyclic amines) is 1. The summed E-state index contributed by atoms with van der Waals surface area (Å²) in [5.41, 5.74) is 4.37. The third-order valence-corrected chi connectivity index (χ3v) is 9.03. The van der Waals surface area contributed by atoms with Crippen molar-refractivity contribution in [2.45, 2.75) is 64.5 Å². The minimum atomic E-state index is -0.519. The molecule has 1 fully saturated rings. The number of nitrogens with zero attached hydrogens (tertiary/aromatic N) is 2. The zero-order valence-electron chi connectivity index (χ0n) is 26.9. The molecule has 10 heteroatoms. The Morgan fingerprint density at radius 3 is 2.64 bits per heavy atom. The molecule has 0 bridgehead atoms. The first-order valence-corrected chi connectivity index (χ1v) is 16.6. The first-order chi connectivity index (χ1) is 22.9. The van der Waals surface area contributed by atoms with Crippen LogP contribution in [0.4, 0.5) is 0 Å². The van der Waals surface area contributed by atoms with Crippen LogP contribution in [-0.2, 0) is 27.3 Å². The Morgan fingerprint density at radius 1 is 0.979 bits per heavy atom. The molecule has 2 aliphatic heterocycles. The topological polar surface area (TPSA) is 123 Å². The second-order valence-corrected chi connectivity index (χ2v) is 12.5. The lowest BCUT2D eigenvalue weighted by molar-refractivity contribution is -0.146. The number of Topliss-reactive ketones (excluding diaryl/α,β-unsaturated/α-hetero) is 1.